The summed E-state index contributed by atoms with van der Waals surface area (Å²) >= 11 is 6.14. The van der Waals surface area contributed by atoms with E-state index in [4.69, 9.17) is 11.6 Å². The van der Waals surface area contributed by atoms with Crippen LogP contribution in [0.4, 0.5) is 5.69 Å². The summed E-state index contributed by atoms with van der Waals surface area (Å²) in [5, 5.41) is 13.1. The molecule has 2 aromatic carbocycles. The zero-order valence-corrected chi connectivity index (χ0v) is 17.6. The molecule has 31 heavy (non-hydrogen) atoms. The molecule has 1 aliphatic rings. The first kappa shape index (κ1) is 19.5. The highest BCUT2D eigenvalue weighted by molar-refractivity contribution is 6.30. The lowest BCUT2D eigenvalue weighted by Crippen LogP contribution is -2.31. The third kappa shape index (κ3) is 3.72. The van der Waals surface area contributed by atoms with Gasteiger partial charge in [-0.1, -0.05) is 35.9 Å². The van der Waals surface area contributed by atoms with Gasteiger partial charge in [0, 0.05) is 22.0 Å². The van der Waals surface area contributed by atoms with E-state index in [0.29, 0.717) is 21.9 Å². The molecule has 2 aromatic heterocycles. The van der Waals surface area contributed by atoms with Crippen LogP contribution in [0.1, 0.15) is 30.0 Å². The van der Waals surface area contributed by atoms with Crippen LogP contribution in [0.3, 0.4) is 0 Å². The molecule has 0 bridgehead atoms. The molecule has 8 heteroatoms. The molecule has 1 fully saturated rings. The average Bonchev–Trinajstić information content (AvgIpc) is 3.49. The van der Waals surface area contributed by atoms with Crippen molar-refractivity contribution in [3.8, 4) is 5.69 Å². The Morgan fingerprint density at radius 2 is 2.00 bits per heavy atom. The molecule has 7 nitrogen and oxygen atoms in total. The van der Waals surface area contributed by atoms with E-state index < -0.39 is 0 Å². The summed E-state index contributed by atoms with van der Waals surface area (Å²) in [6.45, 7) is 1.74. The summed E-state index contributed by atoms with van der Waals surface area (Å²) in [6, 6.07) is 14.7. The van der Waals surface area contributed by atoms with Crippen molar-refractivity contribution in [3.05, 3.63) is 81.4 Å². The predicted molar refractivity (Wildman–Crippen MR) is 120 cm³/mol. The van der Waals surface area contributed by atoms with Gasteiger partial charge < -0.3 is 5.32 Å². The lowest BCUT2D eigenvalue weighted by molar-refractivity contribution is -0.117. The lowest BCUT2D eigenvalue weighted by Gasteiger charge is -2.11. The third-order valence-electron chi connectivity index (χ3n) is 5.44. The molecule has 0 unspecified atom stereocenters. The molecule has 5 rings (SSSR count). The fourth-order valence-corrected chi connectivity index (χ4v) is 3.89. The Bertz CT molecular complexity index is 1370. The van der Waals surface area contributed by atoms with Crippen LogP contribution in [0.25, 0.3) is 16.6 Å². The summed E-state index contributed by atoms with van der Waals surface area (Å²) in [6.07, 6.45) is 3.70. The second-order valence-electron chi connectivity index (χ2n) is 7.78. The van der Waals surface area contributed by atoms with Crippen molar-refractivity contribution in [3.63, 3.8) is 0 Å². The van der Waals surface area contributed by atoms with Gasteiger partial charge in [0.15, 0.2) is 0 Å². The van der Waals surface area contributed by atoms with Crippen molar-refractivity contribution in [2.45, 2.75) is 32.2 Å². The first-order valence-corrected chi connectivity index (χ1v) is 10.5. The Morgan fingerprint density at radius 1 is 1.19 bits per heavy atom. The fourth-order valence-electron chi connectivity index (χ4n) is 3.70. The first-order valence-electron chi connectivity index (χ1n) is 10.1. The number of anilines is 1. The molecule has 0 spiro atoms. The van der Waals surface area contributed by atoms with Crippen molar-refractivity contribution in [2.24, 2.45) is 0 Å². The van der Waals surface area contributed by atoms with Crippen LogP contribution in [0.2, 0.25) is 5.02 Å². The van der Waals surface area contributed by atoms with E-state index in [-0.39, 0.29) is 23.9 Å². The number of fused-ring (bicyclic) bond motifs is 1. The predicted octanol–water partition coefficient (Wildman–Crippen LogP) is 4.06. The molecule has 1 N–H and O–H groups in total. The molecule has 0 saturated heterocycles. The van der Waals surface area contributed by atoms with E-state index in [1.807, 2.05) is 43.3 Å². The van der Waals surface area contributed by atoms with E-state index >= 15 is 0 Å². The molecule has 156 valence electrons. The number of halogens is 1. The highest BCUT2D eigenvalue weighted by atomic mass is 35.5. The standard InChI is InChI=1S/C23H20ClN5O2/c1-14-5-2-3-8-19(14)26-20(30)13-28-23(31)22-18(21(27-28)15-9-10-15)12-25-29(22)17-7-4-6-16(24)11-17/h2-8,11-12,15H,9-10,13H2,1H3,(H,26,30). The number of hydrogen-bond donors (Lipinski definition) is 1. The van der Waals surface area contributed by atoms with Gasteiger partial charge in [-0.15, -0.1) is 0 Å². The quantitative estimate of drug-likeness (QED) is 0.514. The minimum Gasteiger partial charge on any atom is -0.324 e. The summed E-state index contributed by atoms with van der Waals surface area (Å²) < 4.78 is 2.82. The molecule has 2 heterocycles. The molecule has 1 aliphatic carbocycles. The normalized spacial score (nSPS) is 13.5. The third-order valence-corrected chi connectivity index (χ3v) is 5.68. The number of nitrogens with one attached hydrogen (secondary N) is 1. The highest BCUT2D eigenvalue weighted by Gasteiger charge is 2.30. The number of aromatic nitrogens is 4. The van der Waals surface area contributed by atoms with E-state index in [0.717, 1.165) is 29.5 Å². The molecular weight excluding hydrogens is 414 g/mol. The SMILES string of the molecule is Cc1ccccc1NC(=O)Cn1nc(C2CC2)c2cnn(-c3cccc(Cl)c3)c2c1=O. The number of benzene rings is 2. The topological polar surface area (TPSA) is 81.8 Å². The molecule has 0 aliphatic heterocycles. The number of amides is 1. The molecule has 0 radical (unpaired) electrons. The van der Waals surface area contributed by atoms with Crippen molar-refractivity contribution in [1.82, 2.24) is 19.6 Å². The van der Waals surface area contributed by atoms with Gasteiger partial charge in [-0.3, -0.25) is 9.59 Å². The molecule has 1 amide bonds. The molecular formula is C23H20ClN5O2. The van der Waals surface area contributed by atoms with Gasteiger partial charge >= 0.3 is 0 Å². The maximum atomic E-state index is 13.3. The zero-order valence-electron chi connectivity index (χ0n) is 16.9. The Balaban J connectivity index is 1.58. The van der Waals surface area contributed by atoms with Gasteiger partial charge in [0.25, 0.3) is 5.56 Å². The second kappa shape index (κ2) is 7.67. The van der Waals surface area contributed by atoms with Gasteiger partial charge in [-0.2, -0.15) is 10.2 Å². The van der Waals surface area contributed by atoms with Gasteiger partial charge in [0.05, 0.1) is 17.6 Å². The first-order chi connectivity index (χ1) is 15.0. The number of carbonyl (C=O) groups is 1. The minimum absolute atomic E-state index is 0.177. The van der Waals surface area contributed by atoms with Crippen molar-refractivity contribution < 1.29 is 4.79 Å². The number of rotatable bonds is 5. The Morgan fingerprint density at radius 3 is 2.74 bits per heavy atom. The number of carbonyl (C=O) groups excluding carboxylic acids is 1. The number of nitrogens with zero attached hydrogens (tertiary/aromatic N) is 4. The molecule has 1 saturated carbocycles. The van der Waals surface area contributed by atoms with E-state index in [9.17, 15) is 9.59 Å². The van der Waals surface area contributed by atoms with Gasteiger partial charge in [-0.25, -0.2) is 9.36 Å². The number of para-hydroxylation sites is 1. The summed E-state index contributed by atoms with van der Waals surface area (Å²) in [7, 11) is 0. The number of hydrogen-bond acceptors (Lipinski definition) is 4. The van der Waals surface area contributed by atoms with Crippen molar-refractivity contribution in [2.75, 3.05) is 5.32 Å². The summed E-state index contributed by atoms with van der Waals surface area (Å²) in [5.41, 5.74) is 3.20. The Labute approximate surface area is 183 Å². The van der Waals surface area contributed by atoms with Crippen LogP contribution in [0.15, 0.2) is 59.5 Å². The highest BCUT2D eigenvalue weighted by Crippen LogP contribution is 2.41. The van der Waals surface area contributed by atoms with Crippen LogP contribution in [-0.4, -0.2) is 25.5 Å². The summed E-state index contributed by atoms with van der Waals surface area (Å²) in [5.74, 6) is -0.0235. The molecule has 4 aromatic rings. The van der Waals surface area contributed by atoms with Crippen LogP contribution >= 0.6 is 11.6 Å². The van der Waals surface area contributed by atoms with Crippen molar-refractivity contribution in [1.29, 1.82) is 0 Å². The average molecular weight is 434 g/mol. The minimum atomic E-state index is -0.364. The Hall–Kier alpha value is -3.45. The van der Waals surface area contributed by atoms with Gasteiger partial charge in [0.2, 0.25) is 5.91 Å². The lowest BCUT2D eigenvalue weighted by atomic mass is 10.2. The van der Waals surface area contributed by atoms with E-state index in [1.165, 1.54) is 4.68 Å². The second-order valence-corrected chi connectivity index (χ2v) is 8.22. The van der Waals surface area contributed by atoms with Crippen LogP contribution in [0.5, 0.6) is 0 Å². The van der Waals surface area contributed by atoms with Crippen molar-refractivity contribution >= 4 is 34.1 Å². The van der Waals surface area contributed by atoms with Gasteiger partial charge in [-0.05, 0) is 49.6 Å². The van der Waals surface area contributed by atoms with E-state index in [2.05, 4.69) is 15.5 Å². The summed E-state index contributed by atoms with van der Waals surface area (Å²) in [4.78, 5) is 26.1. The van der Waals surface area contributed by atoms with E-state index in [1.54, 1.807) is 23.0 Å². The largest absolute Gasteiger partial charge is 0.324 e. The smallest absolute Gasteiger partial charge is 0.293 e. The monoisotopic (exact) mass is 433 g/mol. The number of aryl methyl sites for hydroxylation is 1. The Kier molecular flexibility index (Phi) is 4.82. The maximum Gasteiger partial charge on any atom is 0.293 e. The van der Waals surface area contributed by atoms with Crippen LogP contribution in [-0.2, 0) is 11.3 Å². The fraction of sp³-hybridized carbons (Fsp3) is 0.217. The zero-order chi connectivity index (χ0) is 21.5. The van der Waals surface area contributed by atoms with Gasteiger partial charge in [0.1, 0.15) is 12.1 Å². The van der Waals surface area contributed by atoms with Crippen LogP contribution < -0.4 is 10.9 Å². The molecule has 0 atom stereocenters. The van der Waals surface area contributed by atoms with Crippen LogP contribution in [0, 0.1) is 6.92 Å². The maximum absolute atomic E-state index is 13.3.